The van der Waals surface area contributed by atoms with Gasteiger partial charge in [-0.25, -0.2) is 4.98 Å². The lowest BCUT2D eigenvalue weighted by Crippen LogP contribution is -1.99. The molecule has 0 saturated heterocycles. The number of hydrogen-bond donors (Lipinski definition) is 1. The first kappa shape index (κ1) is 14.0. The van der Waals surface area contributed by atoms with Crippen molar-refractivity contribution in [3.05, 3.63) is 28.9 Å². The van der Waals surface area contributed by atoms with Gasteiger partial charge in [0.15, 0.2) is 5.13 Å². The standard InChI is InChI=1S/C15H21N3S/c1-5-8-16-15-18-14(9-19-15)12-6-7-13(10(2)3)17-11(12)4/h6-7,9-10H,5,8H2,1-4H3,(H,16,18). The lowest BCUT2D eigenvalue weighted by atomic mass is 10.1. The van der Waals surface area contributed by atoms with Gasteiger partial charge in [-0.2, -0.15) is 0 Å². The SMILES string of the molecule is CCCNc1nc(-c2ccc(C(C)C)nc2C)cs1. The molecule has 0 saturated carbocycles. The molecule has 0 aliphatic carbocycles. The summed E-state index contributed by atoms with van der Waals surface area (Å²) in [5, 5.41) is 6.40. The highest BCUT2D eigenvalue weighted by atomic mass is 32.1. The molecule has 0 aliphatic rings. The van der Waals surface area contributed by atoms with Crippen LogP contribution in [-0.4, -0.2) is 16.5 Å². The van der Waals surface area contributed by atoms with E-state index in [1.807, 2.05) is 0 Å². The molecule has 0 bridgehead atoms. The summed E-state index contributed by atoms with van der Waals surface area (Å²) in [6.07, 6.45) is 1.11. The van der Waals surface area contributed by atoms with E-state index in [1.54, 1.807) is 11.3 Å². The number of rotatable bonds is 5. The molecule has 0 atom stereocenters. The van der Waals surface area contributed by atoms with E-state index in [4.69, 9.17) is 0 Å². The van der Waals surface area contributed by atoms with Crippen LogP contribution in [0.15, 0.2) is 17.5 Å². The maximum absolute atomic E-state index is 4.66. The molecule has 4 heteroatoms. The fourth-order valence-electron chi connectivity index (χ4n) is 1.88. The molecule has 0 fully saturated rings. The first-order chi connectivity index (χ1) is 9.11. The minimum Gasteiger partial charge on any atom is -0.362 e. The molecule has 102 valence electrons. The number of nitrogens with one attached hydrogen (secondary N) is 1. The van der Waals surface area contributed by atoms with E-state index >= 15 is 0 Å². The second kappa shape index (κ2) is 6.15. The van der Waals surface area contributed by atoms with Gasteiger partial charge in [-0.15, -0.1) is 11.3 Å². The third-order valence-electron chi connectivity index (χ3n) is 3.01. The number of anilines is 1. The summed E-state index contributed by atoms with van der Waals surface area (Å²) in [4.78, 5) is 9.29. The van der Waals surface area contributed by atoms with Crippen LogP contribution in [0.4, 0.5) is 5.13 Å². The second-order valence-corrected chi connectivity index (χ2v) is 5.85. The minimum absolute atomic E-state index is 0.463. The van der Waals surface area contributed by atoms with Gasteiger partial charge < -0.3 is 5.32 Å². The predicted octanol–water partition coefficient (Wildman–Crippen LogP) is 4.46. The number of pyridine rings is 1. The van der Waals surface area contributed by atoms with Crippen molar-refractivity contribution in [2.75, 3.05) is 11.9 Å². The highest BCUT2D eigenvalue weighted by Gasteiger charge is 2.10. The van der Waals surface area contributed by atoms with E-state index in [0.717, 1.165) is 40.7 Å². The summed E-state index contributed by atoms with van der Waals surface area (Å²) in [5.74, 6) is 0.463. The first-order valence-electron chi connectivity index (χ1n) is 6.79. The zero-order valence-corrected chi connectivity index (χ0v) is 12.8. The molecule has 0 aromatic carbocycles. The van der Waals surface area contributed by atoms with Gasteiger partial charge in [0.2, 0.25) is 0 Å². The minimum atomic E-state index is 0.463. The second-order valence-electron chi connectivity index (χ2n) is 4.99. The zero-order chi connectivity index (χ0) is 13.8. The maximum atomic E-state index is 4.66. The fraction of sp³-hybridized carbons (Fsp3) is 0.467. The summed E-state index contributed by atoms with van der Waals surface area (Å²) < 4.78 is 0. The lowest BCUT2D eigenvalue weighted by Gasteiger charge is -2.08. The van der Waals surface area contributed by atoms with Crippen LogP contribution in [0.5, 0.6) is 0 Å². The molecule has 0 amide bonds. The van der Waals surface area contributed by atoms with Crippen LogP contribution in [-0.2, 0) is 0 Å². The molecular weight excluding hydrogens is 254 g/mol. The molecule has 2 aromatic heterocycles. The highest BCUT2D eigenvalue weighted by molar-refractivity contribution is 7.14. The van der Waals surface area contributed by atoms with Crippen LogP contribution in [0.25, 0.3) is 11.3 Å². The van der Waals surface area contributed by atoms with Gasteiger partial charge in [-0.05, 0) is 31.4 Å². The number of hydrogen-bond acceptors (Lipinski definition) is 4. The lowest BCUT2D eigenvalue weighted by molar-refractivity contribution is 0.816. The van der Waals surface area contributed by atoms with Crippen LogP contribution in [0.1, 0.15) is 44.5 Å². The van der Waals surface area contributed by atoms with Crippen LogP contribution in [0.3, 0.4) is 0 Å². The molecule has 1 N–H and O–H groups in total. The molecule has 2 aromatic rings. The zero-order valence-electron chi connectivity index (χ0n) is 12.0. The molecule has 0 spiro atoms. The summed E-state index contributed by atoms with van der Waals surface area (Å²) >= 11 is 1.65. The normalized spacial score (nSPS) is 11.0. The van der Waals surface area contributed by atoms with Crippen molar-refractivity contribution in [2.24, 2.45) is 0 Å². The number of aryl methyl sites for hydroxylation is 1. The summed E-state index contributed by atoms with van der Waals surface area (Å²) in [5.41, 5.74) is 4.34. The van der Waals surface area contributed by atoms with Crippen molar-refractivity contribution in [2.45, 2.75) is 40.0 Å². The number of nitrogens with zero attached hydrogens (tertiary/aromatic N) is 2. The summed E-state index contributed by atoms with van der Waals surface area (Å²) in [6.45, 7) is 9.50. The third-order valence-corrected chi connectivity index (χ3v) is 3.81. The smallest absolute Gasteiger partial charge is 0.183 e. The topological polar surface area (TPSA) is 37.8 Å². The van der Waals surface area contributed by atoms with Crippen LogP contribution >= 0.6 is 11.3 Å². The van der Waals surface area contributed by atoms with E-state index < -0.39 is 0 Å². The van der Waals surface area contributed by atoms with Crippen LogP contribution in [0.2, 0.25) is 0 Å². The predicted molar refractivity (Wildman–Crippen MR) is 83.0 cm³/mol. The Morgan fingerprint density at radius 3 is 2.68 bits per heavy atom. The van der Waals surface area contributed by atoms with Crippen molar-refractivity contribution >= 4 is 16.5 Å². The van der Waals surface area contributed by atoms with Crippen molar-refractivity contribution in [3.8, 4) is 11.3 Å². The Bertz CT molecular complexity index is 546. The van der Waals surface area contributed by atoms with E-state index in [0.29, 0.717) is 5.92 Å². The molecule has 0 aliphatic heterocycles. The van der Waals surface area contributed by atoms with Gasteiger partial charge in [0.1, 0.15) is 0 Å². The Morgan fingerprint density at radius 1 is 1.26 bits per heavy atom. The molecule has 2 rings (SSSR count). The number of aromatic nitrogens is 2. The van der Waals surface area contributed by atoms with E-state index in [9.17, 15) is 0 Å². The molecular formula is C15H21N3S. The Hall–Kier alpha value is -1.42. The fourth-order valence-corrected chi connectivity index (χ4v) is 2.62. The average Bonchev–Trinajstić information content (AvgIpc) is 2.84. The van der Waals surface area contributed by atoms with E-state index in [2.05, 4.69) is 60.5 Å². The summed E-state index contributed by atoms with van der Waals surface area (Å²) in [6, 6.07) is 4.24. The van der Waals surface area contributed by atoms with Gasteiger partial charge in [-0.1, -0.05) is 20.8 Å². The van der Waals surface area contributed by atoms with Crippen molar-refractivity contribution in [3.63, 3.8) is 0 Å². The van der Waals surface area contributed by atoms with Crippen molar-refractivity contribution < 1.29 is 0 Å². The van der Waals surface area contributed by atoms with E-state index in [1.165, 1.54) is 0 Å². The Kier molecular flexibility index (Phi) is 4.53. The Labute approximate surface area is 119 Å². The first-order valence-corrected chi connectivity index (χ1v) is 7.67. The van der Waals surface area contributed by atoms with Crippen LogP contribution < -0.4 is 5.32 Å². The number of thiazole rings is 1. The quantitative estimate of drug-likeness (QED) is 0.875. The van der Waals surface area contributed by atoms with Gasteiger partial charge in [-0.3, -0.25) is 4.98 Å². The van der Waals surface area contributed by atoms with Gasteiger partial charge in [0.05, 0.1) is 5.69 Å². The Balaban J connectivity index is 2.24. The Morgan fingerprint density at radius 2 is 2.05 bits per heavy atom. The van der Waals surface area contributed by atoms with Crippen LogP contribution in [0, 0.1) is 6.92 Å². The van der Waals surface area contributed by atoms with Gasteiger partial charge in [0.25, 0.3) is 0 Å². The van der Waals surface area contributed by atoms with Gasteiger partial charge in [0, 0.05) is 28.9 Å². The highest BCUT2D eigenvalue weighted by Crippen LogP contribution is 2.27. The molecule has 3 nitrogen and oxygen atoms in total. The molecule has 2 heterocycles. The van der Waals surface area contributed by atoms with Crippen molar-refractivity contribution in [1.29, 1.82) is 0 Å². The maximum Gasteiger partial charge on any atom is 0.183 e. The van der Waals surface area contributed by atoms with E-state index in [-0.39, 0.29) is 0 Å². The third kappa shape index (κ3) is 3.32. The summed E-state index contributed by atoms with van der Waals surface area (Å²) in [7, 11) is 0. The monoisotopic (exact) mass is 275 g/mol. The average molecular weight is 275 g/mol. The molecule has 0 unspecified atom stereocenters. The van der Waals surface area contributed by atoms with Gasteiger partial charge >= 0.3 is 0 Å². The van der Waals surface area contributed by atoms with Crippen molar-refractivity contribution in [1.82, 2.24) is 9.97 Å². The molecule has 0 radical (unpaired) electrons. The molecule has 19 heavy (non-hydrogen) atoms. The largest absolute Gasteiger partial charge is 0.362 e.